The lowest BCUT2D eigenvalue weighted by Crippen LogP contribution is -2.41. The van der Waals surface area contributed by atoms with Gasteiger partial charge in [-0.25, -0.2) is 4.98 Å². The van der Waals surface area contributed by atoms with Crippen LogP contribution in [-0.4, -0.2) is 38.4 Å². The maximum Gasteiger partial charge on any atom is 0.260 e. The molecule has 6 nitrogen and oxygen atoms in total. The molecule has 1 aliphatic rings. The van der Waals surface area contributed by atoms with Gasteiger partial charge < -0.3 is 14.5 Å². The predicted octanol–water partition coefficient (Wildman–Crippen LogP) is 2.83. The van der Waals surface area contributed by atoms with E-state index in [9.17, 15) is 9.59 Å². The molecule has 0 bridgehead atoms. The molecule has 1 fully saturated rings. The molecule has 1 N–H and O–H groups in total. The Balaban J connectivity index is 1.83. The number of carbonyl (C=O) groups is 1. The number of hydrogen-bond acceptors (Lipinski definition) is 3. The monoisotopic (exact) mass is 348 g/mol. The number of likely N-dealkylation sites (tertiary alicyclic amines) is 1. The number of hydrogen-bond donors (Lipinski definition) is 1. The van der Waals surface area contributed by atoms with Gasteiger partial charge in [-0.05, 0) is 32.8 Å². The zero-order chi connectivity index (χ0) is 17.3. The van der Waals surface area contributed by atoms with E-state index >= 15 is 0 Å². The highest BCUT2D eigenvalue weighted by Crippen LogP contribution is 2.28. The Labute approximate surface area is 145 Å². The van der Waals surface area contributed by atoms with Gasteiger partial charge in [-0.2, -0.15) is 0 Å². The van der Waals surface area contributed by atoms with Crippen LogP contribution in [0.4, 0.5) is 0 Å². The highest BCUT2D eigenvalue weighted by Gasteiger charge is 2.29. The van der Waals surface area contributed by atoms with Crippen molar-refractivity contribution in [1.29, 1.82) is 0 Å². The summed E-state index contributed by atoms with van der Waals surface area (Å²) in [5.41, 5.74) is -0.314. The van der Waals surface area contributed by atoms with Crippen LogP contribution in [0.3, 0.4) is 0 Å². The van der Waals surface area contributed by atoms with Crippen LogP contribution in [0.2, 0.25) is 5.02 Å². The topological polar surface area (TPSA) is 71.0 Å². The van der Waals surface area contributed by atoms with Gasteiger partial charge in [0.25, 0.3) is 11.5 Å². The molecule has 1 saturated heterocycles. The Morgan fingerprint density at radius 2 is 2.25 bits per heavy atom. The minimum Gasteiger partial charge on any atom is -0.338 e. The van der Waals surface area contributed by atoms with Gasteiger partial charge in [0.2, 0.25) is 0 Å². The fourth-order valence-electron chi connectivity index (χ4n) is 3.24. The first-order valence-electron chi connectivity index (χ1n) is 8.17. The molecule has 1 amide bonds. The third kappa shape index (κ3) is 3.24. The summed E-state index contributed by atoms with van der Waals surface area (Å²) in [5, 5.41) is 0.349. The molecule has 3 rings (SSSR count). The minimum atomic E-state index is -0.407. The van der Waals surface area contributed by atoms with Crippen molar-refractivity contribution in [1.82, 2.24) is 19.4 Å². The first-order valence-corrected chi connectivity index (χ1v) is 8.55. The maximum absolute atomic E-state index is 12.7. The van der Waals surface area contributed by atoms with E-state index in [4.69, 9.17) is 11.6 Å². The molecule has 7 heteroatoms. The average molecular weight is 349 g/mol. The van der Waals surface area contributed by atoms with Gasteiger partial charge in [0.15, 0.2) is 0 Å². The van der Waals surface area contributed by atoms with E-state index in [1.807, 2.05) is 6.20 Å². The molecule has 3 heterocycles. The zero-order valence-electron chi connectivity index (χ0n) is 13.8. The number of pyridine rings is 1. The molecular weight excluding hydrogens is 328 g/mol. The molecule has 1 aliphatic heterocycles. The predicted molar refractivity (Wildman–Crippen MR) is 92.6 cm³/mol. The second-order valence-corrected chi connectivity index (χ2v) is 6.87. The summed E-state index contributed by atoms with van der Waals surface area (Å²) >= 11 is 5.91. The Hall–Kier alpha value is -2.08. The summed E-state index contributed by atoms with van der Waals surface area (Å²) < 4.78 is 2.14. The van der Waals surface area contributed by atoms with Gasteiger partial charge in [0.05, 0.1) is 5.02 Å². The number of carbonyl (C=O) groups excluding carboxylic acids is 1. The number of nitrogens with one attached hydrogen (secondary N) is 1. The number of imidazole rings is 1. The van der Waals surface area contributed by atoms with E-state index in [1.165, 1.54) is 12.3 Å². The summed E-state index contributed by atoms with van der Waals surface area (Å²) in [6, 6.07) is 1.76. The van der Waals surface area contributed by atoms with Crippen molar-refractivity contribution in [2.45, 2.75) is 38.6 Å². The Kier molecular flexibility index (Phi) is 4.76. The number of piperidine rings is 1. The number of halogens is 1. The van der Waals surface area contributed by atoms with Gasteiger partial charge in [0.1, 0.15) is 11.4 Å². The Morgan fingerprint density at radius 1 is 1.46 bits per heavy atom. The number of nitrogens with zero attached hydrogens (tertiary/aromatic N) is 3. The minimum absolute atomic E-state index is 0.0929. The number of aromatic nitrogens is 3. The molecule has 0 spiro atoms. The molecule has 0 radical (unpaired) electrons. The van der Waals surface area contributed by atoms with Crippen molar-refractivity contribution in [3.05, 3.63) is 51.4 Å². The molecule has 2 aromatic heterocycles. The first kappa shape index (κ1) is 16.8. The fourth-order valence-corrected chi connectivity index (χ4v) is 3.40. The molecule has 0 aliphatic carbocycles. The fraction of sp³-hybridized carbons (Fsp3) is 0.471. The van der Waals surface area contributed by atoms with Gasteiger partial charge in [-0.1, -0.05) is 11.6 Å². The quantitative estimate of drug-likeness (QED) is 0.927. The first-order chi connectivity index (χ1) is 11.5. The SMILES string of the molecule is CC(C)n1ccnc1[C@@H]1CCCN(C(=O)c2cc(Cl)c[nH]c2=O)C1. The smallest absolute Gasteiger partial charge is 0.260 e. The highest BCUT2D eigenvalue weighted by atomic mass is 35.5. The van der Waals surface area contributed by atoms with Crippen LogP contribution in [0, 0.1) is 0 Å². The van der Waals surface area contributed by atoms with Crippen LogP contribution < -0.4 is 5.56 Å². The van der Waals surface area contributed by atoms with Crippen LogP contribution in [0.1, 0.15) is 54.8 Å². The Morgan fingerprint density at radius 3 is 3.00 bits per heavy atom. The van der Waals surface area contributed by atoms with E-state index < -0.39 is 5.56 Å². The van der Waals surface area contributed by atoms with Crippen molar-refractivity contribution in [2.24, 2.45) is 0 Å². The summed E-state index contributed by atoms with van der Waals surface area (Å²) in [4.78, 5) is 33.4. The average Bonchev–Trinajstić information content (AvgIpc) is 3.06. The third-order valence-electron chi connectivity index (χ3n) is 4.43. The molecular formula is C17H21ClN4O2. The van der Waals surface area contributed by atoms with Crippen LogP contribution in [0.25, 0.3) is 0 Å². The van der Waals surface area contributed by atoms with Crippen molar-refractivity contribution in [3.8, 4) is 0 Å². The molecule has 0 unspecified atom stereocenters. The second-order valence-electron chi connectivity index (χ2n) is 6.44. The van der Waals surface area contributed by atoms with Crippen molar-refractivity contribution >= 4 is 17.5 Å². The molecule has 24 heavy (non-hydrogen) atoms. The van der Waals surface area contributed by atoms with Crippen LogP contribution in [-0.2, 0) is 0 Å². The standard InChI is InChI=1S/C17H21ClN4O2/c1-11(2)22-7-5-19-15(22)12-4-3-6-21(10-12)17(24)14-8-13(18)9-20-16(14)23/h5,7-9,11-12H,3-4,6,10H2,1-2H3,(H,20,23)/t12-/m1/s1. The largest absolute Gasteiger partial charge is 0.338 e. The third-order valence-corrected chi connectivity index (χ3v) is 4.65. The van der Waals surface area contributed by atoms with Gasteiger partial charge in [0, 0.05) is 43.6 Å². The number of amides is 1. The van der Waals surface area contributed by atoms with Crippen molar-refractivity contribution < 1.29 is 4.79 Å². The zero-order valence-corrected chi connectivity index (χ0v) is 14.6. The summed E-state index contributed by atoms with van der Waals surface area (Å²) in [7, 11) is 0. The summed E-state index contributed by atoms with van der Waals surface area (Å²) in [5.74, 6) is 0.909. The lowest BCUT2D eigenvalue weighted by atomic mass is 9.96. The van der Waals surface area contributed by atoms with Crippen molar-refractivity contribution in [2.75, 3.05) is 13.1 Å². The van der Waals surface area contributed by atoms with Gasteiger partial charge in [-0.3, -0.25) is 9.59 Å². The van der Waals surface area contributed by atoms with E-state index in [0.717, 1.165) is 18.7 Å². The van der Waals surface area contributed by atoms with Crippen LogP contribution in [0.15, 0.2) is 29.5 Å². The summed E-state index contributed by atoms with van der Waals surface area (Å²) in [6.45, 7) is 5.43. The van der Waals surface area contributed by atoms with Crippen LogP contribution in [0.5, 0.6) is 0 Å². The highest BCUT2D eigenvalue weighted by molar-refractivity contribution is 6.30. The normalized spacial score (nSPS) is 18.2. The molecule has 1 atom stereocenters. The van der Waals surface area contributed by atoms with E-state index in [2.05, 4.69) is 28.4 Å². The van der Waals surface area contributed by atoms with Gasteiger partial charge >= 0.3 is 0 Å². The van der Waals surface area contributed by atoms with Gasteiger partial charge in [-0.15, -0.1) is 0 Å². The molecule has 128 valence electrons. The number of aromatic amines is 1. The maximum atomic E-state index is 12.7. The molecule has 2 aromatic rings. The number of H-pyrrole nitrogens is 1. The van der Waals surface area contributed by atoms with Crippen LogP contribution >= 0.6 is 11.6 Å². The number of rotatable bonds is 3. The van der Waals surface area contributed by atoms with E-state index in [-0.39, 0.29) is 17.4 Å². The summed E-state index contributed by atoms with van der Waals surface area (Å²) in [6.07, 6.45) is 7.04. The second kappa shape index (κ2) is 6.81. The Bertz CT molecular complexity index is 796. The lowest BCUT2D eigenvalue weighted by Gasteiger charge is -2.33. The molecule has 0 saturated carbocycles. The lowest BCUT2D eigenvalue weighted by molar-refractivity contribution is 0.0701. The van der Waals surface area contributed by atoms with E-state index in [0.29, 0.717) is 24.2 Å². The van der Waals surface area contributed by atoms with Crippen molar-refractivity contribution in [3.63, 3.8) is 0 Å². The molecule has 0 aromatic carbocycles. The van der Waals surface area contributed by atoms with E-state index in [1.54, 1.807) is 11.1 Å².